The number of hydrogen-bond donors (Lipinski definition) is 2. The van der Waals surface area contributed by atoms with E-state index in [0.717, 1.165) is 38.7 Å². The maximum atomic E-state index is 11.5. The Morgan fingerprint density at radius 2 is 1.91 bits per heavy atom. The van der Waals surface area contributed by atoms with Crippen molar-refractivity contribution < 1.29 is 9.53 Å². The first kappa shape index (κ1) is 21.7. The molecule has 0 aliphatic heterocycles. The molecule has 0 atom stereocenters. The van der Waals surface area contributed by atoms with E-state index in [1.807, 2.05) is 55.4 Å². The van der Waals surface area contributed by atoms with Gasteiger partial charge >= 0.3 is 0 Å². The minimum Gasteiger partial charge on any atom is -0.494 e. The van der Waals surface area contributed by atoms with Crippen molar-refractivity contribution in [1.82, 2.24) is 14.9 Å². The molecule has 2 heterocycles. The van der Waals surface area contributed by atoms with Crippen LogP contribution in [0.2, 0.25) is 0 Å². The number of carbonyl (C=O) groups is 1. The predicted octanol–water partition coefficient (Wildman–Crippen LogP) is 5.13. The molecule has 0 bridgehead atoms. The van der Waals surface area contributed by atoms with Crippen LogP contribution in [0.4, 0.5) is 17.2 Å². The number of anilines is 3. The van der Waals surface area contributed by atoms with Gasteiger partial charge in [0, 0.05) is 29.6 Å². The minimum absolute atomic E-state index is 0.152. The number of carbonyl (C=O) groups excluding carboxylic acids is 1. The first-order chi connectivity index (χ1) is 15.4. The average molecular weight is 448 g/mol. The van der Waals surface area contributed by atoms with Gasteiger partial charge < -0.3 is 20.3 Å². The zero-order chi connectivity index (χ0) is 22.7. The molecule has 8 heteroatoms. The van der Waals surface area contributed by atoms with Gasteiger partial charge in [0.25, 0.3) is 0 Å². The van der Waals surface area contributed by atoms with Crippen LogP contribution in [-0.2, 0) is 11.3 Å². The van der Waals surface area contributed by atoms with Crippen molar-refractivity contribution in [3.8, 4) is 16.9 Å². The molecular weight excluding hydrogens is 422 g/mol. The second-order valence-electron chi connectivity index (χ2n) is 7.64. The van der Waals surface area contributed by atoms with Crippen LogP contribution in [0.3, 0.4) is 0 Å². The standard InChI is InChI=1S/C24H25N5O2S/c1-15(30)25-19-11-10-17(12-20(19)31-4)26-23-22-18(16-8-6-5-7-9-16)14-32-24(22)28-21(27-23)13-29(2)3/h5-12,14H,13H2,1-4H3,(H,25,30)(H,26,27,28). The van der Waals surface area contributed by atoms with Crippen molar-refractivity contribution in [2.45, 2.75) is 13.5 Å². The Morgan fingerprint density at radius 1 is 1.12 bits per heavy atom. The third kappa shape index (κ3) is 4.71. The fourth-order valence-corrected chi connectivity index (χ4v) is 4.42. The first-order valence-electron chi connectivity index (χ1n) is 10.2. The van der Waals surface area contributed by atoms with Crippen LogP contribution in [0, 0.1) is 0 Å². The van der Waals surface area contributed by atoms with Crippen molar-refractivity contribution in [2.75, 3.05) is 31.8 Å². The molecule has 4 rings (SSSR count). The summed E-state index contributed by atoms with van der Waals surface area (Å²) in [5, 5.41) is 9.34. The number of nitrogens with one attached hydrogen (secondary N) is 2. The number of fused-ring (bicyclic) bond motifs is 1. The Hall–Kier alpha value is -3.49. The number of thiophene rings is 1. The van der Waals surface area contributed by atoms with E-state index in [0.29, 0.717) is 18.0 Å². The maximum absolute atomic E-state index is 11.5. The van der Waals surface area contributed by atoms with Gasteiger partial charge in [-0.3, -0.25) is 4.79 Å². The Kier molecular flexibility index (Phi) is 6.34. The van der Waals surface area contributed by atoms with Crippen LogP contribution in [0.25, 0.3) is 21.3 Å². The Labute approximate surface area is 191 Å². The summed E-state index contributed by atoms with van der Waals surface area (Å²) in [7, 11) is 5.57. The molecule has 0 saturated heterocycles. The molecule has 2 N–H and O–H groups in total. The summed E-state index contributed by atoms with van der Waals surface area (Å²) < 4.78 is 5.47. The summed E-state index contributed by atoms with van der Waals surface area (Å²) in [6.45, 7) is 2.10. The highest BCUT2D eigenvalue weighted by atomic mass is 32.1. The van der Waals surface area contributed by atoms with E-state index in [1.54, 1.807) is 18.4 Å². The van der Waals surface area contributed by atoms with Crippen LogP contribution in [0.5, 0.6) is 5.75 Å². The molecular formula is C24H25N5O2S. The molecule has 0 saturated carbocycles. The number of rotatable bonds is 7. The Bertz CT molecular complexity index is 1250. The monoisotopic (exact) mass is 447 g/mol. The highest BCUT2D eigenvalue weighted by Gasteiger charge is 2.17. The lowest BCUT2D eigenvalue weighted by Gasteiger charge is -2.15. The molecule has 0 radical (unpaired) electrons. The van der Waals surface area contributed by atoms with E-state index in [9.17, 15) is 4.79 Å². The van der Waals surface area contributed by atoms with Gasteiger partial charge in [0.05, 0.1) is 24.7 Å². The van der Waals surface area contributed by atoms with E-state index >= 15 is 0 Å². The minimum atomic E-state index is -0.152. The molecule has 4 aromatic rings. The number of methoxy groups -OCH3 is 1. The third-order valence-electron chi connectivity index (χ3n) is 4.80. The number of amides is 1. The molecule has 32 heavy (non-hydrogen) atoms. The van der Waals surface area contributed by atoms with Crippen molar-refractivity contribution in [3.63, 3.8) is 0 Å². The summed E-state index contributed by atoms with van der Waals surface area (Å²) in [4.78, 5) is 24.1. The van der Waals surface area contributed by atoms with E-state index < -0.39 is 0 Å². The SMILES string of the molecule is COc1cc(Nc2nc(CN(C)C)nc3scc(-c4ccccc4)c23)ccc1NC(C)=O. The van der Waals surface area contributed by atoms with Gasteiger partial charge in [-0.1, -0.05) is 30.3 Å². The van der Waals surface area contributed by atoms with E-state index in [1.165, 1.54) is 6.92 Å². The van der Waals surface area contributed by atoms with E-state index in [2.05, 4.69) is 28.1 Å². The van der Waals surface area contributed by atoms with E-state index in [-0.39, 0.29) is 5.91 Å². The Morgan fingerprint density at radius 3 is 2.59 bits per heavy atom. The molecule has 2 aromatic heterocycles. The fourth-order valence-electron chi connectivity index (χ4n) is 3.46. The summed E-state index contributed by atoms with van der Waals surface area (Å²) >= 11 is 1.61. The van der Waals surface area contributed by atoms with Gasteiger partial charge in [-0.15, -0.1) is 11.3 Å². The van der Waals surface area contributed by atoms with Crippen molar-refractivity contribution in [3.05, 3.63) is 59.7 Å². The normalized spacial score (nSPS) is 11.0. The second-order valence-corrected chi connectivity index (χ2v) is 8.50. The summed E-state index contributed by atoms with van der Waals surface area (Å²) in [6, 6.07) is 15.8. The lowest BCUT2D eigenvalue weighted by molar-refractivity contribution is -0.114. The lowest BCUT2D eigenvalue weighted by atomic mass is 10.1. The summed E-state index contributed by atoms with van der Waals surface area (Å²) in [6.07, 6.45) is 0. The largest absolute Gasteiger partial charge is 0.494 e. The van der Waals surface area contributed by atoms with Gasteiger partial charge in [-0.25, -0.2) is 9.97 Å². The van der Waals surface area contributed by atoms with Crippen molar-refractivity contribution in [2.24, 2.45) is 0 Å². The van der Waals surface area contributed by atoms with Gasteiger partial charge in [-0.05, 0) is 31.8 Å². The van der Waals surface area contributed by atoms with Crippen LogP contribution >= 0.6 is 11.3 Å². The highest BCUT2D eigenvalue weighted by molar-refractivity contribution is 7.17. The number of hydrogen-bond acceptors (Lipinski definition) is 7. The van der Waals surface area contributed by atoms with Crippen LogP contribution < -0.4 is 15.4 Å². The molecule has 164 valence electrons. The maximum Gasteiger partial charge on any atom is 0.221 e. The molecule has 1 amide bonds. The second kappa shape index (κ2) is 9.33. The smallest absolute Gasteiger partial charge is 0.221 e. The zero-order valence-electron chi connectivity index (χ0n) is 18.5. The quantitative estimate of drug-likeness (QED) is 0.409. The van der Waals surface area contributed by atoms with Crippen molar-refractivity contribution in [1.29, 1.82) is 0 Å². The van der Waals surface area contributed by atoms with Crippen LogP contribution in [0.15, 0.2) is 53.9 Å². The lowest BCUT2D eigenvalue weighted by Crippen LogP contribution is -2.14. The van der Waals surface area contributed by atoms with Gasteiger partial charge in [0.15, 0.2) is 0 Å². The topological polar surface area (TPSA) is 79.4 Å². The van der Waals surface area contributed by atoms with Gasteiger partial charge in [0.1, 0.15) is 22.2 Å². The van der Waals surface area contributed by atoms with Gasteiger partial charge in [0.2, 0.25) is 5.91 Å². The molecule has 0 aliphatic carbocycles. The number of nitrogens with zero attached hydrogens (tertiary/aromatic N) is 3. The third-order valence-corrected chi connectivity index (χ3v) is 5.67. The van der Waals surface area contributed by atoms with Crippen LogP contribution in [-0.4, -0.2) is 42.0 Å². The number of aromatic nitrogens is 2. The van der Waals surface area contributed by atoms with E-state index in [4.69, 9.17) is 14.7 Å². The molecule has 0 spiro atoms. The number of ether oxygens (including phenoxy) is 1. The fraction of sp³-hybridized carbons (Fsp3) is 0.208. The molecule has 7 nitrogen and oxygen atoms in total. The predicted molar refractivity (Wildman–Crippen MR) is 131 cm³/mol. The molecule has 2 aromatic carbocycles. The van der Waals surface area contributed by atoms with Crippen molar-refractivity contribution >= 4 is 44.7 Å². The Balaban J connectivity index is 1.81. The summed E-state index contributed by atoms with van der Waals surface area (Å²) in [5.74, 6) is 1.90. The van der Waals surface area contributed by atoms with Crippen LogP contribution in [0.1, 0.15) is 12.7 Å². The molecule has 0 unspecified atom stereocenters. The first-order valence-corrected chi connectivity index (χ1v) is 11.0. The molecule has 0 fully saturated rings. The molecule has 0 aliphatic rings. The van der Waals surface area contributed by atoms with Gasteiger partial charge in [-0.2, -0.15) is 0 Å². The number of benzene rings is 2. The average Bonchev–Trinajstić information content (AvgIpc) is 3.19. The summed E-state index contributed by atoms with van der Waals surface area (Å²) in [5.41, 5.74) is 3.62. The zero-order valence-corrected chi connectivity index (χ0v) is 19.3. The highest BCUT2D eigenvalue weighted by Crippen LogP contribution is 2.38.